The highest BCUT2D eigenvalue weighted by molar-refractivity contribution is 7.94. The van der Waals surface area contributed by atoms with Crippen molar-refractivity contribution < 1.29 is 23.1 Å². The minimum absolute atomic E-state index is 0.0509. The largest absolute Gasteiger partial charge is 0.507 e. The predicted molar refractivity (Wildman–Crippen MR) is 107 cm³/mol. The summed E-state index contributed by atoms with van der Waals surface area (Å²) in [7, 11) is -0.106. The second kappa shape index (κ2) is 9.11. The molecule has 0 saturated carbocycles. The smallest absolute Gasteiger partial charge is 0.341 e. The fourth-order valence-electron chi connectivity index (χ4n) is 2.06. The van der Waals surface area contributed by atoms with E-state index in [1.165, 1.54) is 18.2 Å². The van der Waals surface area contributed by atoms with Crippen LogP contribution in [-0.4, -0.2) is 51.6 Å². The summed E-state index contributed by atoms with van der Waals surface area (Å²) in [6.07, 6.45) is 0.656. The standard InChI is InChI=1S/C16H18Cl2N2O5S2/c1-20(2)6-3-7-25-16(22)11-5-4-10(8-13(11)21)19-27(23,24)14-9-12(17)15(18)26-14/h4-5,8-9,19,21H,3,6-7H2,1-2H3. The van der Waals surface area contributed by atoms with Crippen LogP contribution in [0.2, 0.25) is 9.36 Å². The van der Waals surface area contributed by atoms with Crippen molar-refractivity contribution in [2.75, 3.05) is 32.0 Å². The van der Waals surface area contributed by atoms with E-state index in [4.69, 9.17) is 27.9 Å². The third-order valence-corrected chi connectivity index (χ3v) is 7.06. The Hall–Kier alpha value is -1.52. The van der Waals surface area contributed by atoms with Crippen LogP contribution in [0.3, 0.4) is 0 Å². The summed E-state index contributed by atoms with van der Waals surface area (Å²) in [5.74, 6) is -1.08. The lowest BCUT2D eigenvalue weighted by molar-refractivity contribution is 0.0490. The molecule has 0 spiro atoms. The number of nitrogens with one attached hydrogen (secondary N) is 1. The number of esters is 1. The lowest BCUT2D eigenvalue weighted by atomic mass is 10.2. The summed E-state index contributed by atoms with van der Waals surface area (Å²) in [5.41, 5.74) is 0.0299. The molecule has 0 radical (unpaired) electrons. The molecule has 0 aliphatic rings. The molecule has 0 unspecified atom stereocenters. The molecule has 0 atom stereocenters. The number of phenols is 1. The van der Waals surface area contributed by atoms with Crippen molar-refractivity contribution in [1.29, 1.82) is 0 Å². The Morgan fingerprint density at radius 2 is 2.00 bits per heavy atom. The minimum atomic E-state index is -3.92. The van der Waals surface area contributed by atoms with E-state index in [-0.39, 0.29) is 31.4 Å². The topological polar surface area (TPSA) is 95.9 Å². The van der Waals surface area contributed by atoms with Gasteiger partial charge in [-0.25, -0.2) is 13.2 Å². The predicted octanol–water partition coefficient (Wildman–Crippen LogP) is 3.67. The van der Waals surface area contributed by atoms with Gasteiger partial charge in [-0.15, -0.1) is 11.3 Å². The van der Waals surface area contributed by atoms with Crippen molar-refractivity contribution in [3.05, 3.63) is 39.2 Å². The fraction of sp³-hybridized carbons (Fsp3) is 0.312. The third-order valence-electron chi connectivity index (χ3n) is 3.34. The Morgan fingerprint density at radius 3 is 2.56 bits per heavy atom. The quantitative estimate of drug-likeness (QED) is 0.468. The summed E-state index contributed by atoms with van der Waals surface area (Å²) >= 11 is 12.4. The van der Waals surface area contributed by atoms with Gasteiger partial charge in [-0.1, -0.05) is 23.2 Å². The monoisotopic (exact) mass is 452 g/mol. The number of hydrogen-bond acceptors (Lipinski definition) is 7. The zero-order valence-electron chi connectivity index (χ0n) is 14.5. The molecule has 2 aromatic rings. The Kier molecular flexibility index (Phi) is 7.35. The van der Waals surface area contributed by atoms with E-state index in [0.717, 1.165) is 23.9 Å². The van der Waals surface area contributed by atoms with Crippen LogP contribution in [0.4, 0.5) is 5.69 Å². The highest BCUT2D eigenvalue weighted by Crippen LogP contribution is 2.35. The van der Waals surface area contributed by atoms with Crippen LogP contribution in [0.5, 0.6) is 5.75 Å². The number of anilines is 1. The number of thiophene rings is 1. The van der Waals surface area contributed by atoms with Gasteiger partial charge >= 0.3 is 5.97 Å². The molecule has 0 fully saturated rings. The number of nitrogens with zero attached hydrogens (tertiary/aromatic N) is 1. The average Bonchev–Trinajstić information content (AvgIpc) is 2.91. The van der Waals surface area contributed by atoms with E-state index in [0.29, 0.717) is 6.42 Å². The first-order valence-electron chi connectivity index (χ1n) is 7.72. The molecule has 2 rings (SSSR count). The number of carbonyl (C=O) groups excluding carboxylic acids is 1. The van der Waals surface area contributed by atoms with Crippen LogP contribution in [0, 0.1) is 0 Å². The Labute approximate surface area is 171 Å². The number of carbonyl (C=O) groups is 1. The normalized spacial score (nSPS) is 11.6. The van der Waals surface area contributed by atoms with E-state index in [1.807, 2.05) is 19.0 Å². The maximum Gasteiger partial charge on any atom is 0.341 e. The lowest BCUT2D eigenvalue weighted by Crippen LogP contribution is -2.16. The van der Waals surface area contributed by atoms with Gasteiger partial charge in [-0.05, 0) is 38.7 Å². The number of phenolic OH excluding ortho intramolecular Hbond substituents is 1. The molecule has 27 heavy (non-hydrogen) atoms. The van der Waals surface area contributed by atoms with Crippen molar-refractivity contribution in [3.8, 4) is 5.75 Å². The maximum atomic E-state index is 12.3. The Morgan fingerprint density at radius 1 is 1.30 bits per heavy atom. The van der Waals surface area contributed by atoms with Crippen LogP contribution in [-0.2, 0) is 14.8 Å². The van der Waals surface area contributed by atoms with Gasteiger partial charge in [-0.2, -0.15) is 0 Å². The second-order valence-electron chi connectivity index (χ2n) is 5.82. The molecule has 2 N–H and O–H groups in total. The molecule has 148 valence electrons. The number of aromatic hydroxyl groups is 1. The molecule has 11 heteroatoms. The molecule has 0 bridgehead atoms. The number of hydrogen-bond donors (Lipinski definition) is 2. The fourth-order valence-corrected chi connectivity index (χ4v) is 4.99. The molecule has 1 aromatic heterocycles. The zero-order chi connectivity index (χ0) is 20.2. The van der Waals surface area contributed by atoms with Crippen molar-refractivity contribution in [3.63, 3.8) is 0 Å². The van der Waals surface area contributed by atoms with E-state index in [2.05, 4.69) is 4.72 Å². The average molecular weight is 453 g/mol. The second-order valence-corrected chi connectivity index (χ2v) is 9.79. The van der Waals surface area contributed by atoms with Crippen LogP contribution in [0.15, 0.2) is 28.5 Å². The molecule has 0 amide bonds. The van der Waals surface area contributed by atoms with Crippen molar-refractivity contribution in [2.24, 2.45) is 0 Å². The highest BCUT2D eigenvalue weighted by atomic mass is 35.5. The van der Waals surface area contributed by atoms with Gasteiger partial charge in [0.1, 0.15) is 19.9 Å². The zero-order valence-corrected chi connectivity index (χ0v) is 17.7. The Bertz CT molecular complexity index is 909. The first-order chi connectivity index (χ1) is 12.6. The van der Waals surface area contributed by atoms with E-state index in [1.54, 1.807) is 0 Å². The molecular formula is C16H18Cl2N2O5S2. The summed E-state index contributed by atoms with van der Waals surface area (Å²) in [6, 6.07) is 5.00. The van der Waals surface area contributed by atoms with Crippen molar-refractivity contribution in [1.82, 2.24) is 4.90 Å². The Balaban J connectivity index is 2.06. The van der Waals surface area contributed by atoms with Crippen LogP contribution >= 0.6 is 34.5 Å². The summed E-state index contributed by atoms with van der Waals surface area (Å²) in [5, 5.41) is 10.2. The summed E-state index contributed by atoms with van der Waals surface area (Å²) < 4.78 is 32.1. The van der Waals surface area contributed by atoms with Crippen molar-refractivity contribution >= 4 is 56.2 Å². The molecule has 0 saturated heterocycles. The van der Waals surface area contributed by atoms with Gasteiger partial charge in [-0.3, -0.25) is 4.72 Å². The molecule has 1 aromatic carbocycles. The number of sulfonamides is 1. The lowest BCUT2D eigenvalue weighted by Gasteiger charge is -2.11. The number of rotatable bonds is 8. The number of halogens is 2. The van der Waals surface area contributed by atoms with Crippen molar-refractivity contribution in [2.45, 2.75) is 10.6 Å². The third kappa shape index (κ3) is 5.98. The summed E-state index contributed by atoms with van der Waals surface area (Å²) in [4.78, 5) is 14.0. The van der Waals surface area contributed by atoms with Crippen LogP contribution in [0.1, 0.15) is 16.8 Å². The van der Waals surface area contributed by atoms with Gasteiger partial charge in [0.05, 0.1) is 17.3 Å². The van der Waals surface area contributed by atoms with Gasteiger partial charge in [0, 0.05) is 12.6 Å². The van der Waals surface area contributed by atoms with E-state index in [9.17, 15) is 18.3 Å². The summed E-state index contributed by atoms with van der Waals surface area (Å²) in [6.45, 7) is 0.974. The van der Waals surface area contributed by atoms with Crippen LogP contribution in [0.25, 0.3) is 0 Å². The highest BCUT2D eigenvalue weighted by Gasteiger charge is 2.21. The molecule has 1 heterocycles. The van der Waals surface area contributed by atoms with Gasteiger partial charge in [0.2, 0.25) is 0 Å². The number of benzene rings is 1. The first kappa shape index (κ1) is 21.8. The maximum absolute atomic E-state index is 12.3. The molecule has 0 aliphatic heterocycles. The molecular weight excluding hydrogens is 435 g/mol. The SMILES string of the molecule is CN(C)CCCOC(=O)c1ccc(NS(=O)(=O)c2cc(Cl)c(Cl)s2)cc1O. The number of ether oxygens (including phenoxy) is 1. The molecule has 0 aliphatic carbocycles. The van der Waals surface area contributed by atoms with Gasteiger partial charge in [0.25, 0.3) is 10.0 Å². The van der Waals surface area contributed by atoms with E-state index >= 15 is 0 Å². The minimum Gasteiger partial charge on any atom is -0.507 e. The molecule has 7 nitrogen and oxygen atoms in total. The van der Waals surface area contributed by atoms with E-state index < -0.39 is 21.7 Å². The first-order valence-corrected chi connectivity index (χ1v) is 10.8. The van der Waals surface area contributed by atoms with Gasteiger partial charge < -0.3 is 14.7 Å². The van der Waals surface area contributed by atoms with Crippen LogP contribution < -0.4 is 4.72 Å². The van der Waals surface area contributed by atoms with Gasteiger partial charge in [0.15, 0.2) is 0 Å².